The van der Waals surface area contributed by atoms with Gasteiger partial charge in [-0.15, -0.1) is 0 Å². The summed E-state index contributed by atoms with van der Waals surface area (Å²) in [5, 5.41) is 0. The predicted molar refractivity (Wildman–Crippen MR) is 147 cm³/mol. The molecule has 42 heavy (non-hydrogen) atoms. The van der Waals surface area contributed by atoms with Crippen molar-refractivity contribution >= 4 is 24.1 Å². The van der Waals surface area contributed by atoms with Crippen LogP contribution in [0.3, 0.4) is 0 Å². The van der Waals surface area contributed by atoms with Crippen LogP contribution in [-0.4, -0.2) is 68.8 Å². The minimum atomic E-state index is -0.852. The van der Waals surface area contributed by atoms with Gasteiger partial charge in [-0.3, -0.25) is 0 Å². The zero-order valence-corrected chi connectivity index (χ0v) is 23.4. The summed E-state index contributed by atoms with van der Waals surface area (Å²) in [6.07, 6.45) is 2.47. The highest BCUT2D eigenvalue weighted by Gasteiger charge is 2.47. The normalized spacial score (nSPS) is 20.7. The number of hydrogen-bond acceptors (Lipinski definition) is 11. The first kappa shape index (κ1) is 30.7. The van der Waals surface area contributed by atoms with Gasteiger partial charge in [-0.25, -0.2) is 19.2 Å². The van der Waals surface area contributed by atoms with E-state index in [1.54, 1.807) is 0 Å². The fraction of sp³-hybridized carbons (Fsp3) is 0.419. The third kappa shape index (κ3) is 8.64. The van der Waals surface area contributed by atoms with E-state index in [0.29, 0.717) is 38.2 Å². The van der Waals surface area contributed by atoms with E-state index in [2.05, 4.69) is 6.58 Å². The van der Waals surface area contributed by atoms with E-state index in [1.165, 1.54) is 48.5 Å². The maximum atomic E-state index is 12.6. The lowest BCUT2D eigenvalue weighted by atomic mass is 10.0. The smallest absolute Gasteiger partial charge is 0.463 e. The van der Waals surface area contributed by atoms with Gasteiger partial charge in [-0.1, -0.05) is 13.5 Å². The van der Waals surface area contributed by atoms with Gasteiger partial charge in [0.25, 0.3) is 0 Å². The molecule has 2 aliphatic heterocycles. The fourth-order valence-corrected chi connectivity index (χ4v) is 4.52. The molecule has 2 unspecified atom stereocenters. The van der Waals surface area contributed by atoms with E-state index >= 15 is 0 Å². The number of fused-ring (bicyclic) bond motifs is 1. The minimum absolute atomic E-state index is 0.0608. The summed E-state index contributed by atoms with van der Waals surface area (Å²) < 4.78 is 37.4. The molecule has 2 heterocycles. The van der Waals surface area contributed by atoms with Crippen molar-refractivity contribution in [3.8, 4) is 11.5 Å². The summed E-state index contributed by atoms with van der Waals surface area (Å²) >= 11 is 0. The van der Waals surface area contributed by atoms with Crippen LogP contribution in [0.15, 0.2) is 61.2 Å². The molecule has 2 aliphatic rings. The number of carbonyl (C=O) groups excluding carboxylic acids is 4. The average molecular weight is 583 g/mol. The monoisotopic (exact) mass is 582 g/mol. The molecule has 4 atom stereocenters. The second-order valence-electron chi connectivity index (χ2n) is 9.94. The summed E-state index contributed by atoms with van der Waals surface area (Å²) in [5.41, 5.74) is 0.545. The van der Waals surface area contributed by atoms with E-state index in [4.69, 9.17) is 33.2 Å². The highest BCUT2D eigenvalue weighted by atomic mass is 16.7. The Balaban J connectivity index is 1.14. The van der Waals surface area contributed by atoms with Gasteiger partial charge >= 0.3 is 24.1 Å². The lowest BCUT2D eigenvalue weighted by Gasteiger charge is -2.16. The van der Waals surface area contributed by atoms with Gasteiger partial charge in [0.15, 0.2) is 6.10 Å². The Bertz CT molecular complexity index is 1240. The molecule has 224 valence electrons. The average Bonchev–Trinajstić information content (AvgIpc) is 3.57. The molecular weight excluding hydrogens is 548 g/mol. The number of carbonyl (C=O) groups is 4. The molecule has 4 rings (SSSR count). The molecule has 2 aromatic carbocycles. The van der Waals surface area contributed by atoms with Gasteiger partial charge < -0.3 is 33.2 Å². The van der Waals surface area contributed by atoms with Crippen LogP contribution in [0, 0.1) is 5.92 Å². The maximum Gasteiger partial charge on any atom is 0.513 e. The Morgan fingerprint density at radius 1 is 0.762 bits per heavy atom. The van der Waals surface area contributed by atoms with Crippen LogP contribution in [0.25, 0.3) is 0 Å². The summed E-state index contributed by atoms with van der Waals surface area (Å²) in [5.74, 6) is -0.868. The van der Waals surface area contributed by atoms with E-state index in [9.17, 15) is 19.2 Å². The van der Waals surface area contributed by atoms with Crippen molar-refractivity contribution in [1.29, 1.82) is 0 Å². The quantitative estimate of drug-likeness (QED) is 0.0815. The summed E-state index contributed by atoms with van der Waals surface area (Å²) in [6, 6.07) is 11.8. The molecule has 11 nitrogen and oxygen atoms in total. The van der Waals surface area contributed by atoms with Gasteiger partial charge in [-0.05, 0) is 74.2 Å². The summed E-state index contributed by atoms with van der Waals surface area (Å²) in [6.45, 7) is 6.76. The number of ether oxygens (including phenoxy) is 7. The van der Waals surface area contributed by atoms with Crippen LogP contribution in [0.2, 0.25) is 0 Å². The van der Waals surface area contributed by atoms with Crippen LogP contribution in [0.5, 0.6) is 11.5 Å². The van der Waals surface area contributed by atoms with Crippen molar-refractivity contribution < 1.29 is 52.3 Å². The van der Waals surface area contributed by atoms with Crippen LogP contribution >= 0.6 is 0 Å². The van der Waals surface area contributed by atoms with Crippen molar-refractivity contribution in [1.82, 2.24) is 0 Å². The first-order chi connectivity index (χ1) is 20.3. The SMILES string of the molecule is C=CC(=O)OCCCCCCOC(=O)Oc1ccc(C(=O)Oc2ccc(C(=O)O[C@H]3COC4C3OC[C@H]4C)cc2)cc1. The van der Waals surface area contributed by atoms with E-state index in [-0.39, 0.29) is 41.8 Å². The number of hydrogen-bond donors (Lipinski definition) is 0. The van der Waals surface area contributed by atoms with Crippen LogP contribution in [-0.2, 0) is 28.5 Å². The molecule has 0 saturated carbocycles. The number of esters is 3. The highest BCUT2D eigenvalue weighted by Crippen LogP contribution is 2.32. The largest absolute Gasteiger partial charge is 0.513 e. The zero-order valence-electron chi connectivity index (χ0n) is 23.4. The standard InChI is InChI=1S/C31H34O11/c1-3-26(32)36-16-6-4-5-7-17-37-31(35)41-24-14-10-21(11-15-24)29(33)40-23-12-8-22(9-13-23)30(34)42-25-19-39-27-20(2)18-38-28(25)27/h3,8-15,20,25,27-28H,1,4-7,16-19H2,2H3/t20-,25+,27?,28?/m1/s1. The van der Waals surface area contributed by atoms with Crippen LogP contribution < -0.4 is 9.47 Å². The second-order valence-corrected chi connectivity index (χ2v) is 9.94. The molecule has 0 bridgehead atoms. The Labute approximate surface area is 243 Å². The third-order valence-electron chi connectivity index (χ3n) is 6.78. The summed E-state index contributed by atoms with van der Waals surface area (Å²) in [4.78, 5) is 48.0. The Morgan fingerprint density at radius 3 is 1.98 bits per heavy atom. The molecule has 2 aromatic rings. The Kier molecular flexibility index (Phi) is 11.1. The molecule has 11 heteroatoms. The lowest BCUT2D eigenvalue weighted by Crippen LogP contribution is -2.32. The van der Waals surface area contributed by atoms with Gasteiger partial charge in [0.05, 0.1) is 43.7 Å². The van der Waals surface area contributed by atoms with Crippen molar-refractivity contribution in [2.45, 2.75) is 50.9 Å². The number of unbranched alkanes of at least 4 members (excludes halogenated alkanes) is 3. The third-order valence-corrected chi connectivity index (χ3v) is 6.78. The Morgan fingerprint density at radius 2 is 1.33 bits per heavy atom. The summed E-state index contributed by atoms with van der Waals surface area (Å²) in [7, 11) is 0. The van der Waals surface area contributed by atoms with E-state index in [1.807, 2.05) is 6.92 Å². The molecule has 0 aromatic heterocycles. The molecule has 0 spiro atoms. The lowest BCUT2D eigenvalue weighted by molar-refractivity contribution is -0.137. The first-order valence-electron chi connectivity index (χ1n) is 13.8. The molecule has 0 aliphatic carbocycles. The van der Waals surface area contributed by atoms with Crippen LogP contribution in [0.4, 0.5) is 4.79 Å². The number of rotatable bonds is 13. The van der Waals surface area contributed by atoms with Crippen LogP contribution in [0.1, 0.15) is 53.3 Å². The van der Waals surface area contributed by atoms with Gasteiger partial charge in [-0.2, -0.15) is 0 Å². The van der Waals surface area contributed by atoms with Gasteiger partial charge in [0, 0.05) is 12.0 Å². The van der Waals surface area contributed by atoms with E-state index < -0.39 is 30.2 Å². The molecular formula is C31H34O11. The maximum absolute atomic E-state index is 12.6. The van der Waals surface area contributed by atoms with E-state index in [0.717, 1.165) is 18.9 Å². The van der Waals surface area contributed by atoms with Gasteiger partial charge in [0.2, 0.25) is 0 Å². The number of benzene rings is 2. The van der Waals surface area contributed by atoms with Gasteiger partial charge in [0.1, 0.15) is 17.6 Å². The topological polar surface area (TPSA) is 133 Å². The van der Waals surface area contributed by atoms with Crippen molar-refractivity contribution in [2.24, 2.45) is 5.92 Å². The predicted octanol–water partition coefficient (Wildman–Crippen LogP) is 4.67. The zero-order chi connectivity index (χ0) is 29.9. The molecule has 2 fully saturated rings. The van der Waals surface area contributed by atoms with Crippen molar-refractivity contribution in [3.63, 3.8) is 0 Å². The molecule has 0 radical (unpaired) electrons. The minimum Gasteiger partial charge on any atom is -0.463 e. The van der Waals surface area contributed by atoms with Crippen molar-refractivity contribution in [3.05, 3.63) is 72.3 Å². The highest BCUT2D eigenvalue weighted by molar-refractivity contribution is 5.92. The molecule has 2 saturated heterocycles. The fourth-order valence-electron chi connectivity index (χ4n) is 4.52. The Hall–Kier alpha value is -4.22. The second kappa shape index (κ2) is 15.1. The first-order valence-corrected chi connectivity index (χ1v) is 13.8. The molecule has 0 N–H and O–H groups in total. The van der Waals surface area contributed by atoms with Crippen molar-refractivity contribution in [2.75, 3.05) is 26.4 Å². The molecule has 0 amide bonds.